The molecule has 0 bridgehead atoms. The Kier molecular flexibility index (Phi) is 5.75. The van der Waals surface area contributed by atoms with Crippen LogP contribution in [0.2, 0.25) is 0 Å². The van der Waals surface area contributed by atoms with Gasteiger partial charge in [0.2, 0.25) is 0 Å². The number of benzene rings is 1. The van der Waals surface area contributed by atoms with Gasteiger partial charge in [-0.25, -0.2) is 14.8 Å². The fourth-order valence-electron chi connectivity index (χ4n) is 4.68. The molecule has 34 heavy (non-hydrogen) atoms. The van der Waals surface area contributed by atoms with Gasteiger partial charge < -0.3 is 19.4 Å². The van der Waals surface area contributed by atoms with E-state index in [9.17, 15) is 4.79 Å². The average Bonchev–Trinajstić information content (AvgIpc) is 3.27. The summed E-state index contributed by atoms with van der Waals surface area (Å²) >= 11 is 0. The highest BCUT2D eigenvalue weighted by molar-refractivity contribution is 5.80. The summed E-state index contributed by atoms with van der Waals surface area (Å²) in [4.78, 5) is 33.0. The summed E-state index contributed by atoms with van der Waals surface area (Å²) in [6.07, 6.45) is 4.13. The lowest BCUT2D eigenvalue weighted by Gasteiger charge is -2.40. The fourth-order valence-corrected chi connectivity index (χ4v) is 4.68. The molecule has 178 valence electrons. The minimum absolute atomic E-state index is 0.0874. The number of anilines is 2. The molecule has 1 aromatic carbocycles. The zero-order chi connectivity index (χ0) is 23.9. The third-order valence-corrected chi connectivity index (χ3v) is 6.57. The average molecular weight is 461 g/mol. The Morgan fingerprint density at radius 1 is 1.03 bits per heavy atom. The van der Waals surface area contributed by atoms with E-state index in [1.54, 1.807) is 17.3 Å². The summed E-state index contributed by atoms with van der Waals surface area (Å²) in [5.41, 5.74) is 1.54. The summed E-state index contributed by atoms with van der Waals surface area (Å²) in [6.45, 7) is 8.97. The van der Waals surface area contributed by atoms with Gasteiger partial charge in [0.25, 0.3) is 0 Å². The van der Waals surface area contributed by atoms with E-state index in [4.69, 9.17) is 19.7 Å². The number of amides is 1. The smallest absolute Gasteiger partial charge is 0.410 e. The molecule has 1 amide bonds. The summed E-state index contributed by atoms with van der Waals surface area (Å²) in [5.74, 6) is 2.24. The molecule has 0 radical (unpaired) electrons. The first-order valence-electron chi connectivity index (χ1n) is 11.9. The van der Waals surface area contributed by atoms with Gasteiger partial charge in [-0.05, 0) is 45.4 Å². The first-order valence-corrected chi connectivity index (χ1v) is 11.9. The molecule has 5 rings (SSSR count). The SMILES string of the molecule is CN(C(=O)OC(C)(C)C)[C@H]1CCN(c2nccnc2C2CN(c3ccc4ccccc4n3)C2)C1. The number of carbonyl (C=O) groups excluding carboxylic acids is 1. The molecule has 0 unspecified atom stereocenters. The standard InChI is InChI=1S/C26H32N6O2/c1-26(2,3)34-25(33)30(4)20-11-14-31(17-20)24-23(27-12-13-28-24)19-15-32(16-19)22-10-9-18-7-5-6-8-21(18)29-22/h5-10,12-13,19-20H,11,14-17H2,1-4H3/t20-/m0/s1. The van der Waals surface area contributed by atoms with Crippen molar-refractivity contribution < 1.29 is 9.53 Å². The molecule has 8 nitrogen and oxygen atoms in total. The Balaban J connectivity index is 1.25. The maximum Gasteiger partial charge on any atom is 0.410 e. The molecule has 2 fully saturated rings. The highest BCUT2D eigenvalue weighted by Gasteiger charge is 2.36. The van der Waals surface area contributed by atoms with Crippen molar-refractivity contribution in [1.82, 2.24) is 19.9 Å². The fraction of sp³-hybridized carbons (Fsp3) is 0.462. The van der Waals surface area contributed by atoms with E-state index in [-0.39, 0.29) is 12.1 Å². The highest BCUT2D eigenvalue weighted by Crippen LogP contribution is 2.35. The van der Waals surface area contributed by atoms with E-state index in [1.165, 1.54) is 0 Å². The van der Waals surface area contributed by atoms with Gasteiger partial charge in [0.05, 0.1) is 17.3 Å². The Labute approximate surface area is 200 Å². The topological polar surface area (TPSA) is 74.7 Å². The molecule has 4 heterocycles. The van der Waals surface area contributed by atoms with Crippen LogP contribution in [0.1, 0.15) is 38.8 Å². The maximum absolute atomic E-state index is 12.5. The first-order chi connectivity index (χ1) is 16.3. The Hall–Kier alpha value is -3.42. The Morgan fingerprint density at radius 3 is 2.59 bits per heavy atom. The van der Waals surface area contributed by atoms with Crippen molar-refractivity contribution >= 4 is 28.6 Å². The second-order valence-electron chi connectivity index (χ2n) is 10.2. The quantitative estimate of drug-likeness (QED) is 0.581. The predicted octanol–water partition coefficient (Wildman–Crippen LogP) is 4.07. The van der Waals surface area contributed by atoms with Crippen LogP contribution in [0.5, 0.6) is 0 Å². The molecule has 2 aliphatic rings. The molecule has 3 aromatic rings. The lowest BCUT2D eigenvalue weighted by atomic mass is 9.95. The zero-order valence-electron chi connectivity index (χ0n) is 20.3. The predicted molar refractivity (Wildman–Crippen MR) is 133 cm³/mol. The molecule has 2 saturated heterocycles. The molecule has 0 saturated carbocycles. The number of hydrogen-bond acceptors (Lipinski definition) is 7. The van der Waals surface area contributed by atoms with Crippen LogP contribution in [0.25, 0.3) is 10.9 Å². The van der Waals surface area contributed by atoms with Crippen LogP contribution in [-0.4, -0.2) is 70.8 Å². The summed E-state index contributed by atoms with van der Waals surface area (Å²) in [7, 11) is 1.82. The van der Waals surface area contributed by atoms with Crippen LogP contribution in [0.15, 0.2) is 48.8 Å². The van der Waals surface area contributed by atoms with E-state index in [2.05, 4.69) is 34.1 Å². The summed E-state index contributed by atoms with van der Waals surface area (Å²) < 4.78 is 5.55. The van der Waals surface area contributed by atoms with Crippen LogP contribution < -0.4 is 9.80 Å². The molecule has 8 heteroatoms. The lowest BCUT2D eigenvalue weighted by molar-refractivity contribution is 0.0238. The van der Waals surface area contributed by atoms with Crippen LogP contribution in [0, 0.1) is 0 Å². The van der Waals surface area contributed by atoms with E-state index in [0.717, 1.165) is 60.8 Å². The van der Waals surface area contributed by atoms with Crippen LogP contribution in [0.4, 0.5) is 16.4 Å². The molecular formula is C26H32N6O2. The minimum Gasteiger partial charge on any atom is -0.444 e. The molecule has 1 atom stereocenters. The number of carbonyl (C=O) groups is 1. The number of para-hydroxylation sites is 1. The number of rotatable bonds is 4. The number of ether oxygens (including phenoxy) is 1. The van der Waals surface area contributed by atoms with Gasteiger partial charge in [0, 0.05) is 56.9 Å². The molecule has 2 aliphatic heterocycles. The van der Waals surface area contributed by atoms with Crippen molar-refractivity contribution in [3.8, 4) is 0 Å². The van der Waals surface area contributed by atoms with Gasteiger partial charge in [0.1, 0.15) is 11.4 Å². The van der Waals surface area contributed by atoms with Crippen molar-refractivity contribution in [3.63, 3.8) is 0 Å². The number of fused-ring (bicyclic) bond motifs is 1. The van der Waals surface area contributed by atoms with Crippen molar-refractivity contribution in [3.05, 3.63) is 54.5 Å². The van der Waals surface area contributed by atoms with E-state index in [0.29, 0.717) is 5.92 Å². The van der Waals surface area contributed by atoms with Gasteiger partial charge in [-0.15, -0.1) is 0 Å². The zero-order valence-corrected chi connectivity index (χ0v) is 20.3. The maximum atomic E-state index is 12.5. The van der Waals surface area contributed by atoms with Crippen molar-refractivity contribution in [2.45, 2.75) is 44.8 Å². The molecule has 2 aromatic heterocycles. The number of aromatic nitrogens is 3. The van der Waals surface area contributed by atoms with Crippen molar-refractivity contribution in [2.24, 2.45) is 0 Å². The van der Waals surface area contributed by atoms with E-state index < -0.39 is 5.60 Å². The van der Waals surface area contributed by atoms with Crippen LogP contribution >= 0.6 is 0 Å². The summed E-state index contributed by atoms with van der Waals surface area (Å²) in [6, 6.07) is 12.5. The Bertz CT molecular complexity index is 1190. The second-order valence-corrected chi connectivity index (χ2v) is 10.2. The molecule has 0 aliphatic carbocycles. The third-order valence-electron chi connectivity index (χ3n) is 6.57. The van der Waals surface area contributed by atoms with E-state index >= 15 is 0 Å². The van der Waals surface area contributed by atoms with Crippen LogP contribution in [-0.2, 0) is 4.74 Å². The van der Waals surface area contributed by atoms with Gasteiger partial charge in [-0.3, -0.25) is 4.98 Å². The number of hydrogen-bond donors (Lipinski definition) is 0. The normalized spacial score (nSPS) is 18.8. The third kappa shape index (κ3) is 4.49. The lowest BCUT2D eigenvalue weighted by Crippen LogP contribution is -2.46. The van der Waals surface area contributed by atoms with E-state index in [1.807, 2.05) is 40.0 Å². The van der Waals surface area contributed by atoms with Crippen molar-refractivity contribution in [1.29, 1.82) is 0 Å². The molecule has 0 N–H and O–H groups in total. The van der Waals surface area contributed by atoms with Gasteiger partial charge >= 0.3 is 6.09 Å². The van der Waals surface area contributed by atoms with Crippen molar-refractivity contribution in [2.75, 3.05) is 43.0 Å². The van der Waals surface area contributed by atoms with Gasteiger partial charge in [0.15, 0.2) is 5.82 Å². The monoisotopic (exact) mass is 460 g/mol. The largest absolute Gasteiger partial charge is 0.444 e. The molecule has 0 spiro atoms. The summed E-state index contributed by atoms with van der Waals surface area (Å²) in [5, 5.41) is 1.15. The first kappa shape index (κ1) is 22.4. The minimum atomic E-state index is -0.502. The Morgan fingerprint density at radius 2 is 1.79 bits per heavy atom. The number of likely N-dealkylation sites (N-methyl/N-ethyl adjacent to an activating group) is 1. The van der Waals surface area contributed by atoms with Gasteiger partial charge in [-0.1, -0.05) is 18.2 Å². The van der Waals surface area contributed by atoms with Gasteiger partial charge in [-0.2, -0.15) is 0 Å². The molecular weight excluding hydrogens is 428 g/mol. The van der Waals surface area contributed by atoms with Crippen LogP contribution in [0.3, 0.4) is 0 Å². The highest BCUT2D eigenvalue weighted by atomic mass is 16.6. The number of nitrogens with zero attached hydrogens (tertiary/aromatic N) is 6. The number of pyridine rings is 1. The second kappa shape index (κ2) is 8.74.